The summed E-state index contributed by atoms with van der Waals surface area (Å²) in [6.07, 6.45) is 4.31. The van der Waals surface area contributed by atoms with Crippen LogP contribution in [0.4, 0.5) is 4.79 Å². The lowest BCUT2D eigenvalue weighted by molar-refractivity contribution is -0.133. The quantitative estimate of drug-likeness (QED) is 0.688. The predicted molar refractivity (Wildman–Crippen MR) is 115 cm³/mol. The fourth-order valence-electron chi connectivity index (χ4n) is 4.34. The van der Waals surface area contributed by atoms with Crippen molar-refractivity contribution in [3.8, 4) is 0 Å². The molecule has 1 saturated heterocycles. The maximum atomic E-state index is 13.0. The van der Waals surface area contributed by atoms with Crippen molar-refractivity contribution < 1.29 is 14.3 Å². The monoisotopic (exact) mass is 400 g/mol. The van der Waals surface area contributed by atoms with E-state index in [2.05, 4.69) is 24.3 Å². The summed E-state index contributed by atoms with van der Waals surface area (Å²) in [5.74, 6) is 0.939. The van der Waals surface area contributed by atoms with Gasteiger partial charge in [0, 0.05) is 38.0 Å². The number of rotatable bonds is 6. The topological polar surface area (TPSA) is 49.9 Å². The van der Waals surface area contributed by atoms with E-state index in [1.807, 2.05) is 43.6 Å². The molecule has 3 unspecified atom stereocenters. The number of benzene rings is 1. The van der Waals surface area contributed by atoms with Crippen molar-refractivity contribution >= 4 is 12.0 Å². The molecule has 1 aliphatic heterocycles. The van der Waals surface area contributed by atoms with Gasteiger partial charge in [0.05, 0.1) is 0 Å². The van der Waals surface area contributed by atoms with E-state index in [1.165, 1.54) is 5.56 Å². The van der Waals surface area contributed by atoms with Crippen molar-refractivity contribution in [3.05, 3.63) is 35.9 Å². The summed E-state index contributed by atoms with van der Waals surface area (Å²) in [7, 11) is 0. The van der Waals surface area contributed by atoms with Crippen LogP contribution in [0.15, 0.2) is 30.3 Å². The Hall–Kier alpha value is -2.04. The Balaban J connectivity index is 1.69. The van der Waals surface area contributed by atoms with Gasteiger partial charge in [0.2, 0.25) is 5.91 Å². The summed E-state index contributed by atoms with van der Waals surface area (Å²) in [6.45, 7) is 10.0. The first-order valence-electron chi connectivity index (χ1n) is 11.1. The first kappa shape index (κ1) is 21.7. The molecule has 0 spiro atoms. The Morgan fingerprint density at radius 2 is 1.93 bits per heavy atom. The zero-order valence-electron chi connectivity index (χ0n) is 18.4. The molecular formula is C24H36N2O3. The van der Waals surface area contributed by atoms with Gasteiger partial charge in [-0.25, -0.2) is 4.79 Å². The zero-order chi connectivity index (χ0) is 21.0. The van der Waals surface area contributed by atoms with Crippen molar-refractivity contribution in [1.29, 1.82) is 0 Å². The molecule has 3 rings (SSSR count). The van der Waals surface area contributed by atoms with E-state index in [9.17, 15) is 9.59 Å². The Labute approximate surface area is 175 Å². The number of ether oxygens (including phenoxy) is 1. The van der Waals surface area contributed by atoms with E-state index < -0.39 is 5.60 Å². The first-order valence-corrected chi connectivity index (χ1v) is 11.1. The number of carbonyl (C=O) groups is 2. The predicted octanol–water partition coefficient (Wildman–Crippen LogP) is 4.82. The number of likely N-dealkylation sites (tertiary alicyclic amines) is 1. The SMILES string of the molecule is CCCC(=O)N1CCCC(CN(C(=O)OC(C)(C)C)C2CC2c2ccccc2)C1. The molecule has 1 aromatic carbocycles. The molecule has 2 aliphatic rings. The van der Waals surface area contributed by atoms with Crippen molar-refractivity contribution in [3.63, 3.8) is 0 Å². The van der Waals surface area contributed by atoms with Crippen LogP contribution in [0.2, 0.25) is 0 Å². The molecule has 1 heterocycles. The van der Waals surface area contributed by atoms with Crippen LogP contribution in [-0.2, 0) is 9.53 Å². The van der Waals surface area contributed by atoms with Gasteiger partial charge in [-0.15, -0.1) is 0 Å². The lowest BCUT2D eigenvalue weighted by Crippen LogP contribution is -2.47. The van der Waals surface area contributed by atoms with Crippen molar-refractivity contribution in [2.75, 3.05) is 19.6 Å². The summed E-state index contributed by atoms with van der Waals surface area (Å²) in [4.78, 5) is 29.3. The highest BCUT2D eigenvalue weighted by atomic mass is 16.6. The van der Waals surface area contributed by atoms with Gasteiger partial charge in [0.1, 0.15) is 5.60 Å². The molecule has 0 N–H and O–H groups in total. The van der Waals surface area contributed by atoms with E-state index >= 15 is 0 Å². The number of hydrogen-bond acceptors (Lipinski definition) is 3. The van der Waals surface area contributed by atoms with Crippen LogP contribution in [0, 0.1) is 5.92 Å². The molecule has 160 valence electrons. The third kappa shape index (κ3) is 5.97. The third-order valence-electron chi connectivity index (χ3n) is 5.80. The molecule has 2 fully saturated rings. The van der Waals surface area contributed by atoms with Crippen molar-refractivity contribution in [2.45, 2.75) is 77.4 Å². The number of hydrogen-bond donors (Lipinski definition) is 0. The second kappa shape index (κ2) is 9.19. The summed E-state index contributed by atoms with van der Waals surface area (Å²) >= 11 is 0. The largest absolute Gasteiger partial charge is 0.444 e. The summed E-state index contributed by atoms with van der Waals surface area (Å²) in [5, 5.41) is 0. The average molecular weight is 401 g/mol. The zero-order valence-corrected chi connectivity index (χ0v) is 18.4. The molecule has 5 heteroatoms. The number of nitrogens with zero attached hydrogens (tertiary/aromatic N) is 2. The highest BCUT2D eigenvalue weighted by Gasteiger charge is 2.46. The smallest absolute Gasteiger partial charge is 0.410 e. The van der Waals surface area contributed by atoms with Crippen LogP contribution < -0.4 is 0 Å². The van der Waals surface area contributed by atoms with Crippen LogP contribution in [0.5, 0.6) is 0 Å². The molecule has 0 radical (unpaired) electrons. The molecule has 3 atom stereocenters. The van der Waals surface area contributed by atoms with Gasteiger partial charge in [-0.05, 0) is 57.9 Å². The highest BCUT2D eigenvalue weighted by Crippen LogP contribution is 2.45. The molecule has 1 saturated carbocycles. The fourth-order valence-corrected chi connectivity index (χ4v) is 4.34. The average Bonchev–Trinajstić information content (AvgIpc) is 3.46. The highest BCUT2D eigenvalue weighted by molar-refractivity contribution is 5.76. The second-order valence-electron chi connectivity index (χ2n) is 9.55. The minimum Gasteiger partial charge on any atom is -0.444 e. The molecule has 0 bridgehead atoms. The Morgan fingerprint density at radius 3 is 2.59 bits per heavy atom. The summed E-state index contributed by atoms with van der Waals surface area (Å²) in [5.41, 5.74) is 0.775. The molecule has 29 heavy (non-hydrogen) atoms. The van der Waals surface area contributed by atoms with E-state index in [0.717, 1.165) is 38.8 Å². The molecule has 1 aromatic rings. The van der Waals surface area contributed by atoms with Crippen molar-refractivity contribution in [1.82, 2.24) is 9.80 Å². The maximum absolute atomic E-state index is 13.0. The van der Waals surface area contributed by atoms with Gasteiger partial charge in [-0.1, -0.05) is 37.3 Å². The van der Waals surface area contributed by atoms with Gasteiger partial charge < -0.3 is 14.5 Å². The van der Waals surface area contributed by atoms with Gasteiger partial charge in [0.25, 0.3) is 0 Å². The lowest BCUT2D eigenvalue weighted by Gasteiger charge is -2.36. The van der Waals surface area contributed by atoms with Gasteiger partial charge >= 0.3 is 6.09 Å². The Bertz CT molecular complexity index is 698. The van der Waals surface area contributed by atoms with Gasteiger partial charge in [-0.3, -0.25) is 4.79 Å². The van der Waals surface area contributed by atoms with Crippen LogP contribution in [-0.4, -0.2) is 53.1 Å². The second-order valence-corrected chi connectivity index (χ2v) is 9.55. The molecule has 1 aliphatic carbocycles. The van der Waals surface area contributed by atoms with E-state index in [-0.39, 0.29) is 18.0 Å². The molecule has 0 aromatic heterocycles. The maximum Gasteiger partial charge on any atom is 0.410 e. The number of carbonyl (C=O) groups excluding carboxylic acids is 2. The van der Waals surface area contributed by atoms with Crippen LogP contribution >= 0.6 is 0 Å². The van der Waals surface area contributed by atoms with E-state index in [4.69, 9.17) is 4.74 Å². The lowest BCUT2D eigenvalue weighted by atomic mass is 9.97. The van der Waals surface area contributed by atoms with E-state index in [1.54, 1.807) is 0 Å². The third-order valence-corrected chi connectivity index (χ3v) is 5.80. The normalized spacial score (nSPS) is 24.1. The van der Waals surface area contributed by atoms with Crippen molar-refractivity contribution in [2.24, 2.45) is 5.92 Å². The van der Waals surface area contributed by atoms with E-state index in [0.29, 0.717) is 24.8 Å². The standard InChI is InChI=1S/C24H36N2O3/c1-5-10-22(27)25-14-9-11-18(16-25)17-26(23(28)29-24(2,3)4)21-15-20(21)19-12-7-6-8-13-19/h6-8,12-13,18,20-21H,5,9-11,14-17H2,1-4H3. The molecule has 5 nitrogen and oxygen atoms in total. The van der Waals surface area contributed by atoms with Crippen LogP contribution in [0.25, 0.3) is 0 Å². The Morgan fingerprint density at radius 1 is 1.21 bits per heavy atom. The fraction of sp³-hybridized carbons (Fsp3) is 0.667. The minimum atomic E-state index is -0.512. The van der Waals surface area contributed by atoms with Crippen LogP contribution in [0.3, 0.4) is 0 Å². The number of amides is 2. The minimum absolute atomic E-state index is 0.189. The van der Waals surface area contributed by atoms with Gasteiger partial charge in [-0.2, -0.15) is 0 Å². The molecule has 2 amide bonds. The molecular weight excluding hydrogens is 364 g/mol. The summed E-state index contributed by atoms with van der Waals surface area (Å²) in [6, 6.07) is 10.6. The van der Waals surface area contributed by atoms with Gasteiger partial charge in [0.15, 0.2) is 0 Å². The first-order chi connectivity index (χ1) is 13.8. The van der Waals surface area contributed by atoms with Crippen LogP contribution in [0.1, 0.15) is 71.3 Å². The summed E-state index contributed by atoms with van der Waals surface area (Å²) < 4.78 is 5.75. The Kier molecular flexibility index (Phi) is 6.86. The number of piperidine rings is 1.